The number of aliphatic hydroxyl groups excluding tert-OH is 1. The van der Waals surface area contributed by atoms with Crippen LogP contribution in [0.15, 0.2) is 0 Å². The molecular formula is C18H34O. The lowest BCUT2D eigenvalue weighted by molar-refractivity contribution is 0.0174. The van der Waals surface area contributed by atoms with Gasteiger partial charge in [-0.2, -0.15) is 0 Å². The Hall–Kier alpha value is -0.0400. The molecule has 0 aromatic carbocycles. The van der Waals surface area contributed by atoms with Crippen molar-refractivity contribution in [2.75, 3.05) is 0 Å². The molecule has 2 fully saturated rings. The summed E-state index contributed by atoms with van der Waals surface area (Å²) in [7, 11) is 0. The SMILES string of the molecule is CC(CC(C)(C)C1CCCCC1)C1CCCCC1O. The molecule has 0 aromatic heterocycles. The topological polar surface area (TPSA) is 20.2 Å². The van der Waals surface area contributed by atoms with Gasteiger partial charge in [-0.05, 0) is 55.3 Å². The van der Waals surface area contributed by atoms with E-state index in [9.17, 15) is 5.11 Å². The lowest BCUT2D eigenvalue weighted by Gasteiger charge is -2.42. The van der Waals surface area contributed by atoms with E-state index in [2.05, 4.69) is 20.8 Å². The maximum Gasteiger partial charge on any atom is 0.0570 e. The van der Waals surface area contributed by atoms with Gasteiger partial charge in [0.2, 0.25) is 0 Å². The Kier molecular flexibility index (Phi) is 5.34. The van der Waals surface area contributed by atoms with Crippen LogP contribution in [0.25, 0.3) is 0 Å². The molecule has 0 spiro atoms. The summed E-state index contributed by atoms with van der Waals surface area (Å²) in [5, 5.41) is 10.2. The third-order valence-corrected chi connectivity index (χ3v) is 6.07. The van der Waals surface area contributed by atoms with E-state index in [0.717, 1.165) is 12.3 Å². The minimum atomic E-state index is -0.0223. The molecule has 0 heterocycles. The van der Waals surface area contributed by atoms with Gasteiger partial charge < -0.3 is 5.11 Å². The molecule has 1 heteroatoms. The zero-order valence-corrected chi connectivity index (χ0v) is 13.3. The van der Waals surface area contributed by atoms with Crippen LogP contribution in [0.4, 0.5) is 0 Å². The van der Waals surface area contributed by atoms with Crippen molar-refractivity contribution in [3.8, 4) is 0 Å². The van der Waals surface area contributed by atoms with Crippen LogP contribution in [0.1, 0.15) is 85.0 Å². The van der Waals surface area contributed by atoms with E-state index < -0.39 is 0 Å². The van der Waals surface area contributed by atoms with Gasteiger partial charge in [-0.1, -0.05) is 52.9 Å². The van der Waals surface area contributed by atoms with Crippen LogP contribution in [0, 0.1) is 23.2 Å². The van der Waals surface area contributed by atoms with Gasteiger partial charge in [0, 0.05) is 0 Å². The molecule has 0 aromatic rings. The van der Waals surface area contributed by atoms with Gasteiger partial charge in [-0.3, -0.25) is 0 Å². The van der Waals surface area contributed by atoms with E-state index in [1.54, 1.807) is 0 Å². The molecule has 0 bridgehead atoms. The molecule has 3 unspecified atom stereocenters. The van der Waals surface area contributed by atoms with Crippen LogP contribution in [0.3, 0.4) is 0 Å². The molecule has 0 amide bonds. The quantitative estimate of drug-likeness (QED) is 0.744. The first kappa shape index (κ1) is 15.4. The molecule has 2 aliphatic rings. The average Bonchev–Trinajstić information content (AvgIpc) is 2.39. The van der Waals surface area contributed by atoms with E-state index in [1.165, 1.54) is 57.8 Å². The number of hydrogen-bond acceptors (Lipinski definition) is 1. The van der Waals surface area contributed by atoms with E-state index >= 15 is 0 Å². The van der Waals surface area contributed by atoms with E-state index in [0.29, 0.717) is 17.3 Å². The first-order chi connectivity index (χ1) is 9.00. The first-order valence-corrected chi connectivity index (χ1v) is 8.69. The van der Waals surface area contributed by atoms with Crippen molar-refractivity contribution in [1.82, 2.24) is 0 Å². The Morgan fingerprint density at radius 1 is 0.947 bits per heavy atom. The van der Waals surface area contributed by atoms with Crippen molar-refractivity contribution < 1.29 is 5.11 Å². The standard InChI is InChI=1S/C18H34O/c1-14(16-11-7-8-12-17(16)19)13-18(2,3)15-9-5-4-6-10-15/h14-17,19H,4-13H2,1-3H3. The highest BCUT2D eigenvalue weighted by Crippen LogP contribution is 2.45. The number of rotatable bonds is 4. The molecule has 19 heavy (non-hydrogen) atoms. The highest BCUT2D eigenvalue weighted by atomic mass is 16.3. The molecule has 0 radical (unpaired) electrons. The highest BCUT2D eigenvalue weighted by molar-refractivity contribution is 4.86. The lowest BCUT2D eigenvalue weighted by atomic mass is 9.64. The molecule has 1 nitrogen and oxygen atoms in total. The molecule has 1 N–H and O–H groups in total. The molecule has 2 rings (SSSR count). The van der Waals surface area contributed by atoms with Gasteiger partial charge in [0.05, 0.1) is 6.10 Å². The van der Waals surface area contributed by atoms with Crippen molar-refractivity contribution in [3.05, 3.63) is 0 Å². The lowest BCUT2D eigenvalue weighted by Crippen LogP contribution is -2.35. The normalized spacial score (nSPS) is 32.2. The summed E-state index contributed by atoms with van der Waals surface area (Å²) in [5.41, 5.74) is 0.469. The molecule has 0 aliphatic heterocycles. The van der Waals surface area contributed by atoms with Crippen molar-refractivity contribution in [2.24, 2.45) is 23.2 Å². The van der Waals surface area contributed by atoms with Gasteiger partial charge in [0.25, 0.3) is 0 Å². The van der Waals surface area contributed by atoms with Gasteiger partial charge in [0.15, 0.2) is 0 Å². The molecule has 0 saturated heterocycles. The minimum Gasteiger partial charge on any atom is -0.393 e. The Balaban J connectivity index is 1.90. The molecule has 3 atom stereocenters. The van der Waals surface area contributed by atoms with E-state index in [-0.39, 0.29) is 6.10 Å². The van der Waals surface area contributed by atoms with Gasteiger partial charge in [-0.25, -0.2) is 0 Å². The predicted molar refractivity (Wildman–Crippen MR) is 82.1 cm³/mol. The molecule has 2 aliphatic carbocycles. The summed E-state index contributed by atoms with van der Waals surface area (Å²) in [5.74, 6) is 2.17. The van der Waals surface area contributed by atoms with Crippen LogP contribution in [0.2, 0.25) is 0 Å². The Bertz CT molecular complexity index is 265. The maximum absolute atomic E-state index is 10.2. The zero-order valence-electron chi connectivity index (χ0n) is 13.3. The van der Waals surface area contributed by atoms with Crippen molar-refractivity contribution in [3.63, 3.8) is 0 Å². The van der Waals surface area contributed by atoms with E-state index in [4.69, 9.17) is 0 Å². The summed E-state index contributed by atoms with van der Waals surface area (Å²) < 4.78 is 0. The second kappa shape index (κ2) is 6.61. The third kappa shape index (κ3) is 3.97. The smallest absolute Gasteiger partial charge is 0.0570 e. The predicted octanol–water partition coefficient (Wildman–Crippen LogP) is 5.17. The minimum absolute atomic E-state index is 0.0223. The van der Waals surface area contributed by atoms with E-state index in [1.807, 2.05) is 0 Å². The second-order valence-electron chi connectivity index (χ2n) is 8.02. The monoisotopic (exact) mass is 266 g/mol. The first-order valence-electron chi connectivity index (χ1n) is 8.69. The Labute approximate surface area is 120 Å². The number of hydrogen-bond donors (Lipinski definition) is 1. The van der Waals surface area contributed by atoms with Crippen molar-refractivity contribution >= 4 is 0 Å². The van der Waals surface area contributed by atoms with Crippen molar-refractivity contribution in [1.29, 1.82) is 0 Å². The van der Waals surface area contributed by atoms with Crippen LogP contribution < -0.4 is 0 Å². The molecule has 2 saturated carbocycles. The summed E-state index contributed by atoms with van der Waals surface area (Å²) in [6, 6.07) is 0. The Morgan fingerprint density at radius 2 is 1.53 bits per heavy atom. The summed E-state index contributed by atoms with van der Waals surface area (Å²) in [6.07, 6.45) is 13.3. The van der Waals surface area contributed by atoms with Crippen LogP contribution >= 0.6 is 0 Å². The fraction of sp³-hybridized carbons (Fsp3) is 1.00. The zero-order chi connectivity index (χ0) is 13.9. The van der Waals surface area contributed by atoms with Crippen LogP contribution in [-0.4, -0.2) is 11.2 Å². The fourth-order valence-corrected chi connectivity index (χ4v) is 4.84. The van der Waals surface area contributed by atoms with Crippen molar-refractivity contribution in [2.45, 2.75) is 91.1 Å². The van der Waals surface area contributed by atoms with Gasteiger partial charge in [0.1, 0.15) is 0 Å². The third-order valence-electron chi connectivity index (χ3n) is 6.07. The summed E-state index contributed by atoms with van der Waals surface area (Å²) >= 11 is 0. The Morgan fingerprint density at radius 3 is 2.16 bits per heavy atom. The largest absolute Gasteiger partial charge is 0.393 e. The summed E-state index contributed by atoms with van der Waals surface area (Å²) in [4.78, 5) is 0. The van der Waals surface area contributed by atoms with Crippen LogP contribution in [0.5, 0.6) is 0 Å². The van der Waals surface area contributed by atoms with Gasteiger partial charge >= 0.3 is 0 Å². The summed E-state index contributed by atoms with van der Waals surface area (Å²) in [6.45, 7) is 7.35. The highest BCUT2D eigenvalue weighted by Gasteiger charge is 2.36. The maximum atomic E-state index is 10.2. The fourth-order valence-electron chi connectivity index (χ4n) is 4.84. The van der Waals surface area contributed by atoms with Crippen LogP contribution in [-0.2, 0) is 0 Å². The average molecular weight is 266 g/mol. The second-order valence-corrected chi connectivity index (χ2v) is 8.02. The molecule has 112 valence electrons. The number of aliphatic hydroxyl groups is 1. The molecular weight excluding hydrogens is 232 g/mol. The van der Waals surface area contributed by atoms with Gasteiger partial charge in [-0.15, -0.1) is 0 Å².